The summed E-state index contributed by atoms with van der Waals surface area (Å²) >= 11 is 0. The van der Waals surface area contributed by atoms with Crippen molar-refractivity contribution in [3.05, 3.63) is 48.0 Å². The lowest BCUT2D eigenvalue weighted by molar-refractivity contribution is 0.0494. The second-order valence-electron chi connectivity index (χ2n) is 6.15. The molecule has 10 nitrogen and oxygen atoms in total. The molecular weight excluding hydrogens is 350 g/mol. The molecule has 140 valence electrons. The number of rotatable bonds is 6. The van der Waals surface area contributed by atoms with E-state index in [0.717, 1.165) is 5.69 Å². The van der Waals surface area contributed by atoms with Crippen LogP contribution in [0.5, 0.6) is 11.5 Å². The molecule has 0 unspecified atom stereocenters. The van der Waals surface area contributed by atoms with Crippen molar-refractivity contribution in [2.45, 2.75) is 12.6 Å². The van der Waals surface area contributed by atoms with Gasteiger partial charge in [0.05, 0.1) is 44.4 Å². The van der Waals surface area contributed by atoms with Crippen LogP contribution in [-0.2, 0) is 6.54 Å². The van der Waals surface area contributed by atoms with E-state index >= 15 is 0 Å². The number of ether oxygens (including phenoxy) is 2. The zero-order chi connectivity index (χ0) is 18.8. The molecule has 27 heavy (non-hydrogen) atoms. The van der Waals surface area contributed by atoms with Crippen molar-refractivity contribution in [1.82, 2.24) is 34.9 Å². The van der Waals surface area contributed by atoms with Gasteiger partial charge in [0.1, 0.15) is 12.2 Å². The topological polar surface area (TPSA) is 100 Å². The first kappa shape index (κ1) is 17.0. The fourth-order valence-corrected chi connectivity index (χ4v) is 3.05. The Kier molecular flexibility index (Phi) is 4.45. The van der Waals surface area contributed by atoms with Gasteiger partial charge in [-0.05, 0) is 12.1 Å². The first-order valence-electron chi connectivity index (χ1n) is 8.44. The lowest BCUT2D eigenvalue weighted by Crippen LogP contribution is -2.51. The van der Waals surface area contributed by atoms with Crippen molar-refractivity contribution in [2.75, 3.05) is 27.3 Å². The highest BCUT2D eigenvalue weighted by Crippen LogP contribution is 2.33. The summed E-state index contributed by atoms with van der Waals surface area (Å²) in [5.41, 5.74) is 1.25. The van der Waals surface area contributed by atoms with E-state index in [4.69, 9.17) is 9.47 Å². The molecule has 0 spiro atoms. The molecular formula is C17H19N7O3. The van der Waals surface area contributed by atoms with Gasteiger partial charge in [-0.1, -0.05) is 11.3 Å². The fourth-order valence-electron chi connectivity index (χ4n) is 3.05. The van der Waals surface area contributed by atoms with E-state index in [1.165, 1.54) is 7.11 Å². The van der Waals surface area contributed by atoms with Crippen molar-refractivity contribution < 1.29 is 14.3 Å². The van der Waals surface area contributed by atoms with E-state index in [1.54, 1.807) is 52.1 Å². The Morgan fingerprint density at radius 1 is 1.19 bits per heavy atom. The molecule has 2 aromatic heterocycles. The molecule has 1 aliphatic rings. The maximum Gasteiger partial charge on any atom is 0.257 e. The summed E-state index contributed by atoms with van der Waals surface area (Å²) in [5.74, 6) is 0.889. The third kappa shape index (κ3) is 3.21. The van der Waals surface area contributed by atoms with Crippen LogP contribution in [0.1, 0.15) is 22.1 Å². The van der Waals surface area contributed by atoms with Crippen molar-refractivity contribution in [1.29, 1.82) is 0 Å². The summed E-state index contributed by atoms with van der Waals surface area (Å²) in [4.78, 5) is 16.1. The SMILES string of the molecule is COc1cccc(C(=O)N2CC(n3cc(Cn4nccn4)nn3)C2)c1OC. The number of hydrogen-bond donors (Lipinski definition) is 0. The molecule has 1 aromatic carbocycles. The highest BCUT2D eigenvalue weighted by atomic mass is 16.5. The molecule has 1 fully saturated rings. The van der Waals surface area contributed by atoms with Crippen LogP contribution in [0.4, 0.5) is 0 Å². The van der Waals surface area contributed by atoms with Gasteiger partial charge in [-0.3, -0.25) is 4.79 Å². The van der Waals surface area contributed by atoms with Crippen molar-refractivity contribution >= 4 is 5.91 Å². The maximum atomic E-state index is 12.8. The number of para-hydroxylation sites is 1. The molecule has 1 amide bonds. The van der Waals surface area contributed by atoms with Gasteiger partial charge in [-0.15, -0.1) is 5.10 Å². The fraction of sp³-hybridized carbons (Fsp3) is 0.353. The summed E-state index contributed by atoms with van der Waals surface area (Å²) in [6, 6.07) is 5.37. The largest absolute Gasteiger partial charge is 0.493 e. The average molecular weight is 369 g/mol. The van der Waals surface area contributed by atoms with Crippen LogP contribution in [0.25, 0.3) is 0 Å². The molecule has 3 heterocycles. The van der Waals surface area contributed by atoms with Gasteiger partial charge < -0.3 is 14.4 Å². The summed E-state index contributed by atoms with van der Waals surface area (Å²) in [5, 5.41) is 16.4. The number of hydrogen-bond acceptors (Lipinski definition) is 7. The number of aromatic nitrogens is 6. The number of nitrogens with zero attached hydrogens (tertiary/aromatic N) is 7. The van der Waals surface area contributed by atoms with Gasteiger partial charge in [-0.2, -0.15) is 15.0 Å². The molecule has 3 aromatic rings. The third-order valence-corrected chi connectivity index (χ3v) is 4.48. The molecule has 1 saturated heterocycles. The van der Waals surface area contributed by atoms with Crippen molar-refractivity contribution in [3.8, 4) is 11.5 Å². The molecule has 0 radical (unpaired) electrons. The second kappa shape index (κ2) is 7.06. The number of methoxy groups -OCH3 is 2. The van der Waals surface area contributed by atoms with Gasteiger partial charge in [0.15, 0.2) is 11.5 Å². The monoisotopic (exact) mass is 369 g/mol. The molecule has 0 atom stereocenters. The Bertz CT molecular complexity index is 932. The highest BCUT2D eigenvalue weighted by Gasteiger charge is 2.34. The van der Waals surface area contributed by atoms with Gasteiger partial charge in [0, 0.05) is 13.1 Å². The zero-order valence-electron chi connectivity index (χ0n) is 15.0. The minimum atomic E-state index is -0.0944. The predicted molar refractivity (Wildman–Crippen MR) is 93.6 cm³/mol. The molecule has 4 rings (SSSR count). The normalized spacial score (nSPS) is 14.1. The van der Waals surface area contributed by atoms with Crippen LogP contribution >= 0.6 is 0 Å². The highest BCUT2D eigenvalue weighted by molar-refractivity contribution is 5.98. The number of benzene rings is 1. The Hall–Kier alpha value is -3.43. The van der Waals surface area contributed by atoms with Crippen molar-refractivity contribution in [3.63, 3.8) is 0 Å². The van der Waals surface area contributed by atoms with Gasteiger partial charge >= 0.3 is 0 Å². The number of carbonyl (C=O) groups excluding carboxylic acids is 1. The Morgan fingerprint density at radius 2 is 1.96 bits per heavy atom. The summed E-state index contributed by atoms with van der Waals surface area (Å²) in [6.45, 7) is 1.58. The van der Waals surface area contributed by atoms with E-state index < -0.39 is 0 Å². The standard InChI is InChI=1S/C17H19N7O3/c1-26-15-5-3-4-14(16(15)27-2)17(25)22-10-13(11-22)23-8-12(20-21-23)9-24-18-6-7-19-24/h3-8,13H,9-11H2,1-2H3. The molecule has 10 heteroatoms. The van der Waals surface area contributed by atoms with Crippen molar-refractivity contribution in [2.24, 2.45) is 0 Å². The minimum absolute atomic E-state index is 0.0944. The Morgan fingerprint density at radius 3 is 2.67 bits per heavy atom. The van der Waals surface area contributed by atoms with Crippen LogP contribution in [0, 0.1) is 0 Å². The quantitative estimate of drug-likeness (QED) is 0.628. The molecule has 0 bridgehead atoms. The second-order valence-corrected chi connectivity index (χ2v) is 6.15. The van der Waals surface area contributed by atoms with E-state index in [-0.39, 0.29) is 11.9 Å². The van der Waals surface area contributed by atoms with E-state index in [0.29, 0.717) is 36.7 Å². The smallest absolute Gasteiger partial charge is 0.257 e. The van der Waals surface area contributed by atoms with E-state index in [9.17, 15) is 4.79 Å². The average Bonchev–Trinajstić information content (AvgIpc) is 3.32. The molecule has 0 N–H and O–H groups in total. The maximum absolute atomic E-state index is 12.8. The first-order valence-corrected chi connectivity index (χ1v) is 8.44. The summed E-state index contributed by atoms with van der Waals surface area (Å²) in [7, 11) is 3.08. The third-order valence-electron chi connectivity index (χ3n) is 4.48. The number of likely N-dealkylation sites (tertiary alicyclic amines) is 1. The Balaban J connectivity index is 1.41. The number of carbonyl (C=O) groups is 1. The van der Waals surface area contributed by atoms with Gasteiger partial charge in [0.25, 0.3) is 5.91 Å². The summed E-state index contributed by atoms with van der Waals surface area (Å²) in [6.07, 6.45) is 5.10. The lowest BCUT2D eigenvalue weighted by atomic mass is 10.1. The van der Waals surface area contributed by atoms with Gasteiger partial charge in [0.2, 0.25) is 0 Å². The molecule has 0 saturated carbocycles. The first-order chi connectivity index (χ1) is 13.2. The van der Waals surface area contributed by atoms with Gasteiger partial charge in [-0.25, -0.2) is 4.68 Å². The van der Waals surface area contributed by atoms with E-state index in [1.807, 2.05) is 6.20 Å². The van der Waals surface area contributed by atoms with Crippen LogP contribution in [0.2, 0.25) is 0 Å². The van der Waals surface area contributed by atoms with Crippen LogP contribution < -0.4 is 9.47 Å². The number of amides is 1. The van der Waals surface area contributed by atoms with Crippen LogP contribution in [0.15, 0.2) is 36.8 Å². The van der Waals surface area contributed by atoms with Crippen LogP contribution in [-0.4, -0.2) is 68.1 Å². The summed E-state index contributed by atoms with van der Waals surface area (Å²) < 4.78 is 12.4. The lowest BCUT2D eigenvalue weighted by Gasteiger charge is -2.39. The molecule has 0 aliphatic carbocycles. The molecule has 1 aliphatic heterocycles. The Labute approximate surface area is 155 Å². The zero-order valence-corrected chi connectivity index (χ0v) is 15.0. The van der Waals surface area contributed by atoms with Crippen LogP contribution in [0.3, 0.4) is 0 Å². The minimum Gasteiger partial charge on any atom is -0.493 e. The predicted octanol–water partition coefficient (Wildman–Crippen LogP) is 0.632. The van der Waals surface area contributed by atoms with E-state index in [2.05, 4.69) is 20.5 Å².